The molecule has 2 aromatic carbocycles. The van der Waals surface area contributed by atoms with Crippen molar-refractivity contribution in [1.29, 1.82) is 0 Å². The van der Waals surface area contributed by atoms with Gasteiger partial charge in [-0.3, -0.25) is 4.79 Å². The topological polar surface area (TPSA) is 42.2 Å². The highest BCUT2D eigenvalue weighted by atomic mass is 35.5. The third-order valence-electron chi connectivity index (χ3n) is 4.79. The van der Waals surface area contributed by atoms with E-state index in [-0.39, 0.29) is 11.2 Å². The van der Waals surface area contributed by atoms with Gasteiger partial charge >= 0.3 is 5.97 Å². The van der Waals surface area contributed by atoms with Crippen LogP contribution in [0.2, 0.25) is 5.02 Å². The minimum absolute atomic E-state index is 0.00229. The van der Waals surface area contributed by atoms with Crippen molar-refractivity contribution < 1.29 is 9.90 Å². The first-order valence-electron chi connectivity index (χ1n) is 9.85. The predicted molar refractivity (Wildman–Crippen MR) is 124 cm³/mol. The molecule has 5 heteroatoms. The Kier molecular flexibility index (Phi) is 6.35. The molecule has 29 heavy (non-hydrogen) atoms. The maximum atomic E-state index is 11.7. The van der Waals surface area contributed by atoms with Crippen molar-refractivity contribution in [2.45, 2.75) is 63.1 Å². The van der Waals surface area contributed by atoms with E-state index in [9.17, 15) is 9.90 Å². The summed E-state index contributed by atoms with van der Waals surface area (Å²) in [6, 6.07) is 14.3. The Morgan fingerprint density at radius 3 is 2.34 bits per heavy atom. The van der Waals surface area contributed by atoms with E-state index in [1.54, 1.807) is 11.8 Å². The number of nitrogens with zero attached hydrogens (tertiary/aromatic N) is 1. The molecule has 0 saturated carbocycles. The number of hydrogen-bond acceptors (Lipinski definition) is 2. The van der Waals surface area contributed by atoms with Crippen LogP contribution in [-0.4, -0.2) is 20.4 Å². The molecule has 3 aromatic rings. The molecule has 0 radical (unpaired) electrons. The van der Waals surface area contributed by atoms with Gasteiger partial charge in [0.2, 0.25) is 0 Å². The smallest absolute Gasteiger partial charge is 0.309 e. The highest BCUT2D eigenvalue weighted by Crippen LogP contribution is 2.42. The Labute approximate surface area is 182 Å². The van der Waals surface area contributed by atoms with Gasteiger partial charge in [-0.25, -0.2) is 0 Å². The van der Waals surface area contributed by atoms with Gasteiger partial charge in [0.1, 0.15) is 0 Å². The number of carboxylic acids is 1. The van der Waals surface area contributed by atoms with Gasteiger partial charge < -0.3 is 9.67 Å². The summed E-state index contributed by atoms with van der Waals surface area (Å²) in [7, 11) is 0. The van der Waals surface area contributed by atoms with Crippen LogP contribution in [0.1, 0.15) is 57.4 Å². The minimum atomic E-state index is -0.815. The third kappa shape index (κ3) is 5.18. The van der Waals surface area contributed by atoms with Gasteiger partial charge in [0.05, 0.1) is 6.42 Å². The summed E-state index contributed by atoms with van der Waals surface area (Å²) < 4.78 is 2.13. The molecule has 0 aliphatic heterocycles. The summed E-state index contributed by atoms with van der Waals surface area (Å²) in [5, 5.41) is 11.5. The standard InChI is InChI=1S/C24H28ClNO2S/c1-15(2)17-8-11-20-19(12-17)23(29-24(3,4)5)21(13-22(27)28)26(20)14-16-6-9-18(25)10-7-16/h6-12,15H,13-14H2,1-5H3,(H,27,28). The maximum absolute atomic E-state index is 11.7. The average Bonchev–Trinajstić information content (AvgIpc) is 2.88. The molecule has 0 fully saturated rings. The zero-order chi connectivity index (χ0) is 21.3. The second kappa shape index (κ2) is 8.45. The van der Waals surface area contributed by atoms with Crippen LogP contribution >= 0.6 is 23.4 Å². The third-order valence-corrected chi connectivity index (χ3v) is 6.32. The van der Waals surface area contributed by atoms with Crippen LogP contribution in [-0.2, 0) is 17.8 Å². The Bertz CT molecular complexity index is 1030. The fourth-order valence-electron chi connectivity index (χ4n) is 3.45. The van der Waals surface area contributed by atoms with E-state index in [2.05, 4.69) is 57.4 Å². The lowest BCUT2D eigenvalue weighted by molar-refractivity contribution is -0.136. The summed E-state index contributed by atoms with van der Waals surface area (Å²) in [5.41, 5.74) is 4.30. The highest BCUT2D eigenvalue weighted by molar-refractivity contribution is 8.00. The number of thioether (sulfide) groups is 1. The molecule has 0 bridgehead atoms. The fourth-order valence-corrected chi connectivity index (χ4v) is 4.76. The number of halogens is 1. The zero-order valence-corrected chi connectivity index (χ0v) is 19.2. The van der Waals surface area contributed by atoms with Gasteiger partial charge in [-0.05, 0) is 41.3 Å². The maximum Gasteiger partial charge on any atom is 0.309 e. The van der Waals surface area contributed by atoms with Crippen molar-refractivity contribution in [3.8, 4) is 0 Å². The van der Waals surface area contributed by atoms with Crippen LogP contribution < -0.4 is 0 Å². The summed E-state index contributed by atoms with van der Waals surface area (Å²) in [6.45, 7) is 11.5. The van der Waals surface area contributed by atoms with Crippen molar-refractivity contribution in [2.75, 3.05) is 0 Å². The van der Waals surface area contributed by atoms with Gasteiger partial charge in [0.25, 0.3) is 0 Å². The van der Waals surface area contributed by atoms with E-state index < -0.39 is 5.97 Å². The molecule has 0 saturated heterocycles. The molecule has 154 valence electrons. The van der Waals surface area contributed by atoms with Crippen molar-refractivity contribution >= 4 is 40.2 Å². The van der Waals surface area contributed by atoms with Crippen molar-refractivity contribution in [2.24, 2.45) is 0 Å². The Morgan fingerprint density at radius 1 is 1.14 bits per heavy atom. The van der Waals surface area contributed by atoms with E-state index in [1.807, 2.05) is 24.3 Å². The van der Waals surface area contributed by atoms with Crippen molar-refractivity contribution in [1.82, 2.24) is 4.57 Å². The van der Waals surface area contributed by atoms with Crippen LogP contribution in [0, 0.1) is 0 Å². The first-order chi connectivity index (χ1) is 13.5. The highest BCUT2D eigenvalue weighted by Gasteiger charge is 2.24. The van der Waals surface area contributed by atoms with E-state index in [0.717, 1.165) is 27.1 Å². The number of rotatable bonds is 6. The number of fused-ring (bicyclic) bond motifs is 1. The first-order valence-corrected chi connectivity index (χ1v) is 11.0. The lowest BCUT2D eigenvalue weighted by Gasteiger charge is -2.19. The van der Waals surface area contributed by atoms with Crippen LogP contribution in [0.4, 0.5) is 0 Å². The minimum Gasteiger partial charge on any atom is -0.481 e. The summed E-state index contributed by atoms with van der Waals surface area (Å²) in [4.78, 5) is 12.8. The number of carbonyl (C=O) groups is 1. The molecule has 3 nitrogen and oxygen atoms in total. The Morgan fingerprint density at radius 2 is 1.79 bits per heavy atom. The molecule has 0 spiro atoms. The average molecular weight is 430 g/mol. The van der Waals surface area contributed by atoms with E-state index in [0.29, 0.717) is 17.5 Å². The molecule has 0 aliphatic carbocycles. The van der Waals surface area contributed by atoms with Crippen LogP contribution in [0.15, 0.2) is 47.4 Å². The zero-order valence-electron chi connectivity index (χ0n) is 17.6. The Balaban J connectivity index is 2.25. The molecule has 0 atom stereocenters. The van der Waals surface area contributed by atoms with E-state index >= 15 is 0 Å². The largest absolute Gasteiger partial charge is 0.481 e. The number of aliphatic carboxylic acids is 1. The molecule has 0 unspecified atom stereocenters. The van der Waals surface area contributed by atoms with E-state index in [1.165, 1.54) is 5.56 Å². The molecule has 0 aliphatic rings. The molecule has 0 amide bonds. The second-order valence-corrected chi connectivity index (χ2v) is 11.0. The normalized spacial score (nSPS) is 12.1. The molecular formula is C24H28ClNO2S. The molecule has 1 heterocycles. The van der Waals surface area contributed by atoms with Gasteiger partial charge in [-0.15, -0.1) is 11.8 Å². The van der Waals surface area contributed by atoms with Gasteiger partial charge in [0, 0.05) is 37.8 Å². The first kappa shape index (κ1) is 21.8. The fraction of sp³-hybridized carbons (Fsp3) is 0.375. The predicted octanol–water partition coefficient (Wildman–Crippen LogP) is 6.98. The van der Waals surface area contributed by atoms with Crippen molar-refractivity contribution in [3.63, 3.8) is 0 Å². The number of aromatic nitrogens is 1. The number of hydrogen-bond donors (Lipinski definition) is 1. The van der Waals surface area contributed by atoms with Crippen LogP contribution in [0.25, 0.3) is 10.9 Å². The van der Waals surface area contributed by atoms with Gasteiger partial charge in [-0.1, -0.05) is 64.4 Å². The molecule has 1 aromatic heterocycles. The lowest BCUT2D eigenvalue weighted by Crippen LogP contribution is -2.12. The SMILES string of the molecule is CC(C)c1ccc2c(c1)c(SC(C)(C)C)c(CC(=O)O)n2Cc1ccc(Cl)cc1. The van der Waals surface area contributed by atoms with Crippen LogP contribution in [0.3, 0.4) is 0 Å². The summed E-state index contributed by atoms with van der Waals surface area (Å²) in [6.07, 6.45) is -0.00229. The summed E-state index contributed by atoms with van der Waals surface area (Å²) in [5.74, 6) is -0.403. The van der Waals surface area contributed by atoms with Crippen molar-refractivity contribution in [3.05, 3.63) is 64.3 Å². The quantitative estimate of drug-likeness (QED) is 0.429. The van der Waals surface area contributed by atoms with Gasteiger partial charge in [0.15, 0.2) is 0 Å². The molecule has 1 N–H and O–H groups in total. The monoisotopic (exact) mass is 429 g/mol. The van der Waals surface area contributed by atoms with Gasteiger partial charge in [-0.2, -0.15) is 0 Å². The molecule has 3 rings (SSSR count). The number of carboxylic acid groups (broad SMARTS) is 1. The number of benzene rings is 2. The Hall–Kier alpha value is -1.91. The van der Waals surface area contributed by atoms with E-state index in [4.69, 9.17) is 11.6 Å². The lowest BCUT2D eigenvalue weighted by atomic mass is 10.0. The molecular weight excluding hydrogens is 402 g/mol. The van der Waals surface area contributed by atoms with Crippen LogP contribution in [0.5, 0.6) is 0 Å². The summed E-state index contributed by atoms with van der Waals surface area (Å²) >= 11 is 7.79. The second-order valence-electron chi connectivity index (χ2n) is 8.70.